The van der Waals surface area contributed by atoms with Gasteiger partial charge in [0, 0.05) is 16.6 Å². The summed E-state index contributed by atoms with van der Waals surface area (Å²) in [4.78, 5) is 15.1. The minimum absolute atomic E-state index is 0.0956. The van der Waals surface area contributed by atoms with Gasteiger partial charge >= 0.3 is 0 Å². The average Bonchev–Trinajstić information content (AvgIpc) is 2.45. The molecule has 3 aromatic rings. The number of aromatic amines is 1. The lowest BCUT2D eigenvalue weighted by atomic mass is 10.1. The summed E-state index contributed by atoms with van der Waals surface area (Å²) in [5.41, 5.74) is 4.45. The fourth-order valence-electron chi connectivity index (χ4n) is 2.34. The van der Waals surface area contributed by atoms with Crippen molar-refractivity contribution in [2.75, 3.05) is 5.32 Å². The molecule has 0 aliphatic heterocycles. The molecule has 0 saturated heterocycles. The van der Waals surface area contributed by atoms with Gasteiger partial charge in [-0.25, -0.2) is 0 Å². The highest BCUT2D eigenvalue weighted by atomic mass is 16.1. The van der Waals surface area contributed by atoms with E-state index in [2.05, 4.69) is 10.3 Å². The van der Waals surface area contributed by atoms with Crippen LogP contribution in [0.2, 0.25) is 0 Å². The van der Waals surface area contributed by atoms with Crippen LogP contribution < -0.4 is 10.9 Å². The molecule has 0 spiro atoms. The summed E-state index contributed by atoms with van der Waals surface area (Å²) < 4.78 is 0. The first-order valence-electron chi connectivity index (χ1n) is 6.60. The van der Waals surface area contributed by atoms with Crippen molar-refractivity contribution >= 4 is 22.3 Å². The molecule has 0 aliphatic carbocycles. The smallest absolute Gasteiger partial charge is 0.272 e. The second kappa shape index (κ2) is 4.85. The average molecular weight is 264 g/mol. The van der Waals surface area contributed by atoms with Gasteiger partial charge in [0.25, 0.3) is 5.56 Å². The number of fused-ring (bicyclic) bond motifs is 1. The maximum Gasteiger partial charge on any atom is 0.272 e. The fraction of sp³-hybridized carbons (Fsp3) is 0.118. The predicted octanol–water partition coefficient (Wildman–Crippen LogP) is 3.89. The van der Waals surface area contributed by atoms with Gasteiger partial charge in [-0.1, -0.05) is 35.9 Å². The molecule has 0 aliphatic rings. The Labute approximate surface area is 117 Å². The van der Waals surface area contributed by atoms with Crippen LogP contribution in [0.25, 0.3) is 10.9 Å². The molecule has 1 aromatic heterocycles. The molecule has 100 valence electrons. The Hall–Kier alpha value is -2.55. The maximum atomic E-state index is 12.2. The summed E-state index contributed by atoms with van der Waals surface area (Å²) in [6, 6.07) is 15.8. The van der Waals surface area contributed by atoms with Crippen LogP contribution in [-0.2, 0) is 0 Å². The number of aryl methyl sites for hydroxylation is 2. The van der Waals surface area contributed by atoms with Crippen LogP contribution in [0.4, 0.5) is 11.4 Å². The quantitative estimate of drug-likeness (QED) is 0.737. The van der Waals surface area contributed by atoms with Gasteiger partial charge in [0.05, 0.1) is 0 Å². The number of hydrogen-bond donors (Lipinski definition) is 2. The number of H-pyrrole nitrogens is 1. The summed E-state index contributed by atoms with van der Waals surface area (Å²) in [5, 5.41) is 4.27. The molecule has 0 saturated carbocycles. The lowest BCUT2D eigenvalue weighted by Crippen LogP contribution is -2.13. The van der Waals surface area contributed by atoms with E-state index >= 15 is 0 Å². The number of rotatable bonds is 2. The Balaban J connectivity index is 2.11. The van der Waals surface area contributed by atoms with E-state index in [1.807, 2.05) is 62.4 Å². The standard InChI is InChI=1S/C17H16N2O/c1-11-7-9-13(10-8-11)18-16-12(2)14-5-3-4-6-15(14)19-17(16)20/h3-10,18H,1-2H3,(H,19,20). The first kappa shape index (κ1) is 12.5. The summed E-state index contributed by atoms with van der Waals surface area (Å²) in [5.74, 6) is 0. The van der Waals surface area contributed by atoms with Crippen LogP contribution in [0.5, 0.6) is 0 Å². The fourth-order valence-corrected chi connectivity index (χ4v) is 2.34. The third-order valence-corrected chi connectivity index (χ3v) is 3.50. The van der Waals surface area contributed by atoms with Crippen molar-refractivity contribution in [1.82, 2.24) is 4.98 Å². The lowest BCUT2D eigenvalue weighted by molar-refractivity contribution is 1.27. The van der Waals surface area contributed by atoms with Gasteiger partial charge in [0.2, 0.25) is 0 Å². The lowest BCUT2D eigenvalue weighted by Gasteiger charge is -2.11. The van der Waals surface area contributed by atoms with Crippen LogP contribution >= 0.6 is 0 Å². The van der Waals surface area contributed by atoms with E-state index in [-0.39, 0.29) is 5.56 Å². The summed E-state index contributed by atoms with van der Waals surface area (Å²) in [7, 11) is 0. The molecule has 0 bridgehead atoms. The zero-order valence-electron chi connectivity index (χ0n) is 11.5. The van der Waals surface area contributed by atoms with E-state index in [1.165, 1.54) is 5.56 Å². The molecule has 2 aromatic carbocycles. The second-order valence-electron chi connectivity index (χ2n) is 4.99. The van der Waals surface area contributed by atoms with Gasteiger partial charge < -0.3 is 10.3 Å². The summed E-state index contributed by atoms with van der Waals surface area (Å²) in [6.45, 7) is 4.01. The SMILES string of the molecule is Cc1ccc(Nc2c(C)c3ccccc3[nH]c2=O)cc1. The zero-order chi connectivity index (χ0) is 14.1. The van der Waals surface area contributed by atoms with E-state index in [1.54, 1.807) is 0 Å². The molecule has 3 heteroatoms. The predicted molar refractivity (Wildman–Crippen MR) is 83.8 cm³/mol. The van der Waals surface area contributed by atoms with Crippen molar-refractivity contribution in [2.45, 2.75) is 13.8 Å². The highest BCUT2D eigenvalue weighted by molar-refractivity contribution is 5.87. The maximum absolute atomic E-state index is 12.2. The largest absolute Gasteiger partial charge is 0.351 e. The van der Waals surface area contributed by atoms with Crippen molar-refractivity contribution in [3.8, 4) is 0 Å². The number of anilines is 2. The van der Waals surface area contributed by atoms with Crippen LogP contribution in [-0.4, -0.2) is 4.98 Å². The second-order valence-corrected chi connectivity index (χ2v) is 4.99. The molecule has 1 heterocycles. The van der Waals surface area contributed by atoms with Gasteiger partial charge in [0.15, 0.2) is 0 Å². The topological polar surface area (TPSA) is 44.9 Å². The molecule has 3 rings (SSSR count). The van der Waals surface area contributed by atoms with Gasteiger partial charge in [0.1, 0.15) is 5.69 Å². The number of para-hydroxylation sites is 1. The molecule has 2 N–H and O–H groups in total. The Bertz CT molecular complexity index is 817. The van der Waals surface area contributed by atoms with Crippen molar-refractivity contribution in [2.24, 2.45) is 0 Å². The highest BCUT2D eigenvalue weighted by Gasteiger charge is 2.08. The molecule has 20 heavy (non-hydrogen) atoms. The molecule has 0 radical (unpaired) electrons. The minimum atomic E-state index is -0.0956. The number of nitrogens with one attached hydrogen (secondary N) is 2. The number of aromatic nitrogens is 1. The van der Waals surface area contributed by atoms with Gasteiger partial charge in [-0.15, -0.1) is 0 Å². The van der Waals surface area contributed by atoms with Crippen molar-refractivity contribution in [3.05, 3.63) is 70.0 Å². The minimum Gasteiger partial charge on any atom is -0.351 e. The molecule has 0 atom stereocenters. The van der Waals surface area contributed by atoms with E-state index in [0.717, 1.165) is 22.2 Å². The van der Waals surface area contributed by atoms with Crippen molar-refractivity contribution < 1.29 is 0 Å². The zero-order valence-corrected chi connectivity index (χ0v) is 11.5. The summed E-state index contributed by atoms with van der Waals surface area (Å²) >= 11 is 0. The monoisotopic (exact) mass is 264 g/mol. The van der Waals surface area contributed by atoms with Crippen LogP contribution in [0.15, 0.2) is 53.3 Å². The summed E-state index contributed by atoms with van der Waals surface area (Å²) in [6.07, 6.45) is 0. The van der Waals surface area contributed by atoms with E-state index < -0.39 is 0 Å². The number of pyridine rings is 1. The Kier molecular flexibility index (Phi) is 3.03. The molecule has 0 fully saturated rings. The Morgan fingerprint density at radius 3 is 2.40 bits per heavy atom. The third-order valence-electron chi connectivity index (χ3n) is 3.50. The van der Waals surface area contributed by atoms with Gasteiger partial charge in [-0.2, -0.15) is 0 Å². The van der Waals surface area contributed by atoms with E-state index in [0.29, 0.717) is 5.69 Å². The molecular formula is C17H16N2O. The van der Waals surface area contributed by atoms with E-state index in [4.69, 9.17) is 0 Å². The Morgan fingerprint density at radius 1 is 0.950 bits per heavy atom. The van der Waals surface area contributed by atoms with Crippen LogP contribution in [0.3, 0.4) is 0 Å². The van der Waals surface area contributed by atoms with Gasteiger partial charge in [-0.05, 0) is 37.6 Å². The van der Waals surface area contributed by atoms with Crippen LogP contribution in [0.1, 0.15) is 11.1 Å². The van der Waals surface area contributed by atoms with E-state index in [9.17, 15) is 4.79 Å². The molecule has 0 unspecified atom stereocenters. The van der Waals surface area contributed by atoms with Crippen LogP contribution in [0, 0.1) is 13.8 Å². The molecule has 0 amide bonds. The molecule has 3 nitrogen and oxygen atoms in total. The molecular weight excluding hydrogens is 248 g/mol. The normalized spacial score (nSPS) is 10.7. The van der Waals surface area contributed by atoms with Gasteiger partial charge in [-0.3, -0.25) is 4.79 Å². The Morgan fingerprint density at radius 2 is 1.65 bits per heavy atom. The highest BCUT2D eigenvalue weighted by Crippen LogP contribution is 2.23. The van der Waals surface area contributed by atoms with Crippen molar-refractivity contribution in [3.63, 3.8) is 0 Å². The first-order chi connectivity index (χ1) is 9.65. The van der Waals surface area contributed by atoms with Crippen molar-refractivity contribution in [1.29, 1.82) is 0 Å². The number of hydrogen-bond acceptors (Lipinski definition) is 2. The first-order valence-corrected chi connectivity index (χ1v) is 6.60. The number of benzene rings is 2. The third kappa shape index (κ3) is 2.18.